The predicted molar refractivity (Wildman–Crippen MR) is 156 cm³/mol. The van der Waals surface area contributed by atoms with E-state index in [9.17, 15) is 0 Å². The van der Waals surface area contributed by atoms with E-state index in [1.165, 1.54) is 51.6 Å². The summed E-state index contributed by atoms with van der Waals surface area (Å²) in [6.07, 6.45) is 10.5. The Kier molecular flexibility index (Phi) is 8.81. The summed E-state index contributed by atoms with van der Waals surface area (Å²) in [6, 6.07) is 6.26. The first kappa shape index (κ1) is 26.8. The van der Waals surface area contributed by atoms with Crippen molar-refractivity contribution in [2.75, 3.05) is 69.4 Å². The number of piperidine rings is 1. The third-order valence-electron chi connectivity index (χ3n) is 9.00. The minimum Gasteiger partial charge on any atom is -0.492 e. The molecule has 39 heavy (non-hydrogen) atoms. The van der Waals surface area contributed by atoms with Gasteiger partial charge in [0.15, 0.2) is 0 Å². The van der Waals surface area contributed by atoms with Crippen LogP contribution in [-0.2, 0) is 16.1 Å². The molecule has 8 nitrogen and oxygen atoms in total. The monoisotopic (exact) mass is 537 g/mol. The van der Waals surface area contributed by atoms with Crippen molar-refractivity contribution in [3.05, 3.63) is 35.5 Å². The van der Waals surface area contributed by atoms with Crippen molar-refractivity contribution in [3.63, 3.8) is 0 Å². The molecule has 7 rings (SSSR count). The lowest BCUT2D eigenvalue weighted by molar-refractivity contribution is 0.0947. The van der Waals surface area contributed by atoms with Crippen LogP contribution in [0.25, 0.3) is 0 Å². The van der Waals surface area contributed by atoms with Gasteiger partial charge in [0.2, 0.25) is 5.95 Å². The van der Waals surface area contributed by atoms with Gasteiger partial charge in [-0.2, -0.15) is 4.98 Å². The molecular formula is C31H47N5O3. The second-order valence-corrected chi connectivity index (χ2v) is 11.9. The summed E-state index contributed by atoms with van der Waals surface area (Å²) in [6.45, 7) is 11.3. The molecular weight excluding hydrogens is 490 g/mol. The fraction of sp³-hybridized carbons (Fsp3) is 0.677. The summed E-state index contributed by atoms with van der Waals surface area (Å²) in [5, 5.41) is 3.46. The number of nitrogens with one attached hydrogen (secondary N) is 1. The summed E-state index contributed by atoms with van der Waals surface area (Å²) in [5.74, 6) is 4.79. The molecule has 0 radical (unpaired) electrons. The van der Waals surface area contributed by atoms with Crippen LogP contribution in [0.5, 0.6) is 5.75 Å². The fourth-order valence-corrected chi connectivity index (χ4v) is 6.35. The predicted octanol–water partition coefficient (Wildman–Crippen LogP) is 5.43. The molecule has 0 amide bonds. The van der Waals surface area contributed by atoms with Gasteiger partial charge in [-0.25, -0.2) is 4.98 Å². The molecule has 1 N–H and O–H groups in total. The van der Waals surface area contributed by atoms with Crippen LogP contribution in [0.4, 0.5) is 17.5 Å². The summed E-state index contributed by atoms with van der Waals surface area (Å²) in [5.41, 5.74) is 3.15. The SMILES string of the molecule is Cc1cnc2nc1N1CCC(CCOC[C@H]3C[C@H]3CCOCc3cc(ccc3OCCN3CCCC3)N2)CC1.[HH]. The summed E-state index contributed by atoms with van der Waals surface area (Å²) in [4.78, 5) is 14.5. The molecule has 2 saturated heterocycles. The molecule has 0 spiro atoms. The smallest absolute Gasteiger partial charge is 0.229 e. The number of aryl methyl sites for hydroxylation is 1. The standard InChI is InChI=1S/C31H45N5O3.H2/c1-23-20-32-31-33-28-4-5-29(39-17-14-35-10-2-3-11-35)27(19-28)22-38-16-9-25-18-26(25)21-37-15-8-24-6-12-36(13-7-24)30(23)34-31;/h4-5,19-20,24-26H,2-3,6-18,21-22H2,1H3,(H,32,33,34);1H/t25-,26-;/m1./s1. The van der Waals surface area contributed by atoms with Gasteiger partial charge >= 0.3 is 0 Å². The van der Waals surface area contributed by atoms with Gasteiger partial charge in [0.05, 0.1) is 6.61 Å². The van der Waals surface area contributed by atoms with Gasteiger partial charge in [0.1, 0.15) is 18.2 Å². The lowest BCUT2D eigenvalue weighted by atomic mass is 9.94. The number of hydrogen-bond acceptors (Lipinski definition) is 8. The fourth-order valence-electron chi connectivity index (χ4n) is 6.35. The van der Waals surface area contributed by atoms with Gasteiger partial charge in [-0.05, 0) is 101 Å². The quantitative estimate of drug-likeness (QED) is 0.554. The van der Waals surface area contributed by atoms with Crippen LogP contribution in [0.1, 0.15) is 57.5 Å². The van der Waals surface area contributed by atoms with Crippen molar-refractivity contribution >= 4 is 17.5 Å². The summed E-state index contributed by atoms with van der Waals surface area (Å²) < 4.78 is 18.6. The van der Waals surface area contributed by atoms with E-state index >= 15 is 0 Å². The molecule has 4 aliphatic heterocycles. The van der Waals surface area contributed by atoms with E-state index < -0.39 is 0 Å². The maximum absolute atomic E-state index is 6.27. The Morgan fingerprint density at radius 2 is 1.87 bits per heavy atom. The van der Waals surface area contributed by atoms with Crippen LogP contribution < -0.4 is 15.0 Å². The summed E-state index contributed by atoms with van der Waals surface area (Å²) >= 11 is 0. The molecule has 1 aromatic carbocycles. The van der Waals surface area contributed by atoms with Crippen molar-refractivity contribution in [1.82, 2.24) is 14.9 Å². The molecule has 1 saturated carbocycles. The lowest BCUT2D eigenvalue weighted by Crippen LogP contribution is -2.35. The van der Waals surface area contributed by atoms with Gasteiger partial charge in [0.25, 0.3) is 0 Å². The molecule has 1 aromatic heterocycles. The zero-order valence-corrected chi connectivity index (χ0v) is 23.6. The Morgan fingerprint density at radius 3 is 2.74 bits per heavy atom. The molecule has 6 bridgehead atoms. The zero-order chi connectivity index (χ0) is 26.4. The number of hydrogen-bond donors (Lipinski definition) is 1. The highest BCUT2D eigenvalue weighted by Gasteiger charge is 2.36. The van der Waals surface area contributed by atoms with E-state index in [2.05, 4.69) is 45.2 Å². The van der Waals surface area contributed by atoms with Gasteiger partial charge < -0.3 is 24.4 Å². The van der Waals surface area contributed by atoms with Gasteiger partial charge in [-0.3, -0.25) is 4.90 Å². The number of aromatic nitrogens is 2. The molecule has 0 unspecified atom stereocenters. The van der Waals surface area contributed by atoms with E-state index in [1.54, 1.807) is 0 Å². The van der Waals surface area contributed by atoms with Gasteiger partial charge in [-0.15, -0.1) is 0 Å². The average molecular weight is 538 g/mol. The van der Waals surface area contributed by atoms with E-state index in [-0.39, 0.29) is 1.43 Å². The minimum absolute atomic E-state index is 0. The Morgan fingerprint density at radius 1 is 1.03 bits per heavy atom. The van der Waals surface area contributed by atoms with Crippen molar-refractivity contribution < 1.29 is 15.6 Å². The average Bonchev–Trinajstić information content (AvgIpc) is 3.49. The molecule has 8 heteroatoms. The van der Waals surface area contributed by atoms with Crippen LogP contribution >= 0.6 is 0 Å². The van der Waals surface area contributed by atoms with Gasteiger partial charge in [0, 0.05) is 63.9 Å². The molecule has 2 atom stereocenters. The van der Waals surface area contributed by atoms with E-state index in [0.717, 1.165) is 92.0 Å². The second kappa shape index (κ2) is 12.8. The largest absolute Gasteiger partial charge is 0.492 e. The van der Waals surface area contributed by atoms with Crippen molar-refractivity contribution in [2.24, 2.45) is 17.8 Å². The highest BCUT2D eigenvalue weighted by molar-refractivity contribution is 5.59. The molecule has 5 heterocycles. The van der Waals surface area contributed by atoms with Crippen LogP contribution in [0.15, 0.2) is 24.4 Å². The normalized spacial score (nSPS) is 26.4. The van der Waals surface area contributed by atoms with Crippen LogP contribution in [0.2, 0.25) is 0 Å². The topological polar surface area (TPSA) is 72.0 Å². The number of benzene rings is 1. The van der Waals surface area contributed by atoms with E-state index in [1.807, 2.05) is 6.20 Å². The first-order chi connectivity index (χ1) is 19.2. The Hall–Kier alpha value is -2.42. The first-order valence-electron chi connectivity index (χ1n) is 15.2. The first-order valence-corrected chi connectivity index (χ1v) is 15.2. The summed E-state index contributed by atoms with van der Waals surface area (Å²) in [7, 11) is 0. The maximum Gasteiger partial charge on any atom is 0.229 e. The van der Waals surface area contributed by atoms with Crippen LogP contribution in [0.3, 0.4) is 0 Å². The third-order valence-corrected chi connectivity index (χ3v) is 9.00. The molecule has 5 aliphatic rings. The molecule has 1 aliphatic carbocycles. The zero-order valence-electron chi connectivity index (χ0n) is 23.6. The Balaban J connectivity index is 0.00000323. The van der Waals surface area contributed by atoms with Crippen molar-refractivity contribution in [2.45, 2.75) is 58.5 Å². The third kappa shape index (κ3) is 7.21. The van der Waals surface area contributed by atoms with Gasteiger partial charge in [-0.1, -0.05) is 0 Å². The number of anilines is 3. The Labute approximate surface area is 234 Å². The number of nitrogens with zero attached hydrogens (tertiary/aromatic N) is 4. The Bertz CT molecular complexity index is 1090. The number of rotatable bonds is 4. The number of likely N-dealkylation sites (tertiary alicyclic amines) is 1. The van der Waals surface area contributed by atoms with E-state index in [4.69, 9.17) is 19.2 Å². The lowest BCUT2D eigenvalue weighted by Gasteiger charge is -2.33. The number of ether oxygens (including phenoxy) is 3. The number of fused-ring (bicyclic) bond motifs is 8. The van der Waals surface area contributed by atoms with Crippen LogP contribution in [-0.4, -0.2) is 74.0 Å². The second-order valence-electron chi connectivity index (χ2n) is 11.9. The maximum atomic E-state index is 6.27. The molecule has 3 fully saturated rings. The minimum atomic E-state index is 0. The van der Waals surface area contributed by atoms with Crippen molar-refractivity contribution in [1.29, 1.82) is 0 Å². The molecule has 214 valence electrons. The highest BCUT2D eigenvalue weighted by Crippen LogP contribution is 2.41. The van der Waals surface area contributed by atoms with E-state index in [0.29, 0.717) is 19.2 Å². The van der Waals surface area contributed by atoms with Crippen LogP contribution in [0, 0.1) is 24.7 Å². The van der Waals surface area contributed by atoms with Crippen molar-refractivity contribution in [3.8, 4) is 5.75 Å². The highest BCUT2D eigenvalue weighted by atomic mass is 16.5. The molecule has 2 aromatic rings.